The van der Waals surface area contributed by atoms with Crippen molar-refractivity contribution in [2.24, 2.45) is 23.3 Å². The van der Waals surface area contributed by atoms with Crippen molar-refractivity contribution in [2.75, 3.05) is 44.6 Å². The minimum Gasteiger partial charge on any atom is -0.322 e. The van der Waals surface area contributed by atoms with E-state index in [0.717, 1.165) is 31.5 Å². The van der Waals surface area contributed by atoms with E-state index >= 15 is 0 Å². The van der Waals surface area contributed by atoms with Crippen molar-refractivity contribution >= 4 is 17.8 Å². The molecule has 12 heteroatoms. The third-order valence-corrected chi connectivity index (χ3v) is 8.37. The molecule has 3 saturated heterocycles. The van der Waals surface area contributed by atoms with Gasteiger partial charge in [-0.05, 0) is 49.4 Å². The Morgan fingerprint density at radius 2 is 1.82 bits per heavy atom. The molecule has 0 bridgehead atoms. The molecule has 6 N–H and O–H groups in total. The molecule has 1 aliphatic carbocycles. The van der Waals surface area contributed by atoms with E-state index < -0.39 is 23.4 Å². The highest BCUT2D eigenvalue weighted by Crippen LogP contribution is 2.60. The van der Waals surface area contributed by atoms with E-state index in [9.17, 15) is 14.4 Å². The fourth-order valence-corrected chi connectivity index (χ4v) is 6.07. The number of carbonyl (C=O) groups excluding carboxylic acids is 2. The third-order valence-electron chi connectivity index (χ3n) is 8.37. The zero-order valence-electron chi connectivity index (χ0n) is 21.8. The van der Waals surface area contributed by atoms with E-state index in [0.29, 0.717) is 17.8 Å². The number of urea groups is 1. The smallest absolute Gasteiger partial charge is 0.322 e. The van der Waals surface area contributed by atoms with Crippen molar-refractivity contribution < 1.29 is 9.59 Å². The standard InChI is InChI=1S/C26H35N9O3/c1-25(2,28)22(36)35-10-9-33(14-20(35)27)23(37)30-21-7-8-34(24(38)31-21)17-5-3-16(4-6-17)11-32-12-18-19(13-32)26(18)15-29-26/h3-8,18-20,29H,9-15,27-28H2,1-2H3,(H,30,31,37,38)/t18?,19?,20-,26?/m0/s1. The third kappa shape index (κ3) is 4.47. The summed E-state index contributed by atoms with van der Waals surface area (Å²) in [6, 6.07) is 9.08. The summed E-state index contributed by atoms with van der Waals surface area (Å²) in [6.07, 6.45) is 0.929. The molecule has 4 fully saturated rings. The second kappa shape index (κ2) is 8.87. The number of nitrogens with zero attached hydrogens (tertiary/aromatic N) is 5. The van der Waals surface area contributed by atoms with E-state index in [-0.39, 0.29) is 24.8 Å². The minimum absolute atomic E-state index is 0.146. The number of nitrogens with one attached hydrogen (secondary N) is 2. The Balaban J connectivity index is 1.04. The van der Waals surface area contributed by atoms with E-state index in [1.54, 1.807) is 26.1 Å². The number of nitrogens with two attached hydrogens (primary N) is 2. The summed E-state index contributed by atoms with van der Waals surface area (Å²) >= 11 is 0. The molecule has 4 aliphatic rings. The Kier molecular flexibility index (Phi) is 5.83. The first-order chi connectivity index (χ1) is 18.0. The topological polar surface area (TPSA) is 165 Å². The molecular weight excluding hydrogens is 486 g/mol. The van der Waals surface area contributed by atoms with Crippen LogP contribution < -0.4 is 27.8 Å². The summed E-state index contributed by atoms with van der Waals surface area (Å²) in [7, 11) is 0. The van der Waals surface area contributed by atoms with Crippen molar-refractivity contribution in [1.82, 2.24) is 29.6 Å². The Morgan fingerprint density at radius 3 is 2.39 bits per heavy atom. The number of benzene rings is 1. The highest BCUT2D eigenvalue weighted by atomic mass is 16.2. The fraction of sp³-hybridized carbons (Fsp3) is 0.538. The van der Waals surface area contributed by atoms with Gasteiger partial charge in [0.15, 0.2) is 0 Å². The van der Waals surface area contributed by atoms with Crippen molar-refractivity contribution in [3.63, 3.8) is 0 Å². The number of rotatable bonds is 5. The molecule has 1 spiro atoms. The molecule has 3 atom stereocenters. The number of carbonyl (C=O) groups is 2. The lowest BCUT2D eigenvalue weighted by molar-refractivity contribution is -0.140. The van der Waals surface area contributed by atoms with Crippen molar-refractivity contribution in [1.29, 1.82) is 0 Å². The largest absolute Gasteiger partial charge is 0.354 e. The number of hydrogen-bond acceptors (Lipinski definition) is 8. The molecule has 1 aromatic carbocycles. The van der Waals surface area contributed by atoms with Gasteiger partial charge in [0.1, 0.15) is 5.82 Å². The van der Waals surface area contributed by atoms with Crippen LogP contribution in [-0.4, -0.2) is 92.7 Å². The Hall–Kier alpha value is -3.32. The highest BCUT2D eigenvalue weighted by molar-refractivity contribution is 5.89. The van der Waals surface area contributed by atoms with Gasteiger partial charge in [0.2, 0.25) is 5.91 Å². The van der Waals surface area contributed by atoms with Gasteiger partial charge in [0, 0.05) is 51.0 Å². The van der Waals surface area contributed by atoms with Gasteiger partial charge in [-0.3, -0.25) is 19.6 Å². The Labute approximate surface area is 220 Å². The number of piperidine rings is 1. The van der Waals surface area contributed by atoms with Crippen LogP contribution in [0.25, 0.3) is 5.69 Å². The van der Waals surface area contributed by atoms with Gasteiger partial charge >= 0.3 is 11.7 Å². The number of fused-ring (bicyclic) bond motifs is 3. The fourth-order valence-electron chi connectivity index (χ4n) is 6.07. The molecule has 1 aromatic heterocycles. The highest BCUT2D eigenvalue weighted by Gasteiger charge is 2.74. The maximum atomic E-state index is 12.8. The predicted octanol–water partition coefficient (Wildman–Crippen LogP) is -0.666. The molecule has 3 aliphatic heterocycles. The monoisotopic (exact) mass is 521 g/mol. The summed E-state index contributed by atoms with van der Waals surface area (Å²) in [6.45, 7) is 8.38. The number of hydrogen-bond donors (Lipinski definition) is 4. The average molecular weight is 522 g/mol. The zero-order valence-corrected chi connectivity index (χ0v) is 21.8. The maximum Gasteiger partial charge on any atom is 0.354 e. The van der Waals surface area contributed by atoms with Crippen LogP contribution >= 0.6 is 0 Å². The molecule has 4 heterocycles. The second-order valence-electron chi connectivity index (χ2n) is 11.6. The summed E-state index contributed by atoms with van der Waals surface area (Å²) in [5, 5.41) is 6.19. The summed E-state index contributed by atoms with van der Waals surface area (Å²) < 4.78 is 1.45. The van der Waals surface area contributed by atoms with Crippen LogP contribution in [-0.2, 0) is 11.3 Å². The van der Waals surface area contributed by atoms with E-state index in [1.165, 1.54) is 26.5 Å². The molecule has 12 nitrogen and oxygen atoms in total. The number of amides is 3. The number of anilines is 1. The van der Waals surface area contributed by atoms with Crippen molar-refractivity contribution in [3.8, 4) is 5.69 Å². The normalized spacial score (nSPS) is 28.4. The van der Waals surface area contributed by atoms with Crippen molar-refractivity contribution in [2.45, 2.75) is 37.6 Å². The maximum absolute atomic E-state index is 12.8. The van der Waals surface area contributed by atoms with E-state index in [4.69, 9.17) is 11.5 Å². The summed E-state index contributed by atoms with van der Waals surface area (Å²) in [5.74, 6) is 1.53. The van der Waals surface area contributed by atoms with Crippen LogP contribution in [0.1, 0.15) is 19.4 Å². The van der Waals surface area contributed by atoms with Gasteiger partial charge in [-0.1, -0.05) is 12.1 Å². The minimum atomic E-state index is -1.04. The van der Waals surface area contributed by atoms with Crippen LogP contribution in [0.15, 0.2) is 41.3 Å². The van der Waals surface area contributed by atoms with Gasteiger partial charge in [-0.2, -0.15) is 4.98 Å². The molecule has 3 amide bonds. The summed E-state index contributed by atoms with van der Waals surface area (Å²) in [4.78, 5) is 47.5. The lowest BCUT2D eigenvalue weighted by Crippen LogP contribution is -2.65. The average Bonchev–Trinajstić information content (AvgIpc) is 3.72. The first-order valence-corrected chi connectivity index (χ1v) is 13.1. The van der Waals surface area contributed by atoms with E-state index in [2.05, 4.69) is 20.5 Å². The van der Waals surface area contributed by atoms with Crippen LogP contribution in [0.3, 0.4) is 0 Å². The van der Waals surface area contributed by atoms with Gasteiger partial charge in [-0.25, -0.2) is 9.59 Å². The second-order valence-corrected chi connectivity index (χ2v) is 11.6. The molecule has 2 aromatic rings. The van der Waals surface area contributed by atoms with Gasteiger partial charge < -0.3 is 26.6 Å². The van der Waals surface area contributed by atoms with Gasteiger partial charge in [0.25, 0.3) is 0 Å². The quantitative estimate of drug-likeness (QED) is 0.376. The molecule has 6 rings (SSSR count). The van der Waals surface area contributed by atoms with Gasteiger partial charge in [-0.15, -0.1) is 0 Å². The first kappa shape index (κ1) is 25.0. The van der Waals surface area contributed by atoms with Crippen LogP contribution in [0.5, 0.6) is 0 Å². The van der Waals surface area contributed by atoms with Gasteiger partial charge in [0.05, 0.1) is 23.9 Å². The predicted molar refractivity (Wildman–Crippen MR) is 141 cm³/mol. The van der Waals surface area contributed by atoms with Crippen molar-refractivity contribution in [3.05, 3.63) is 52.6 Å². The number of likely N-dealkylation sites (tertiary alicyclic amines) is 1. The first-order valence-electron chi connectivity index (χ1n) is 13.1. The molecule has 0 radical (unpaired) electrons. The Bertz CT molecular complexity index is 1300. The SMILES string of the molecule is CC(C)(N)C(=O)N1CCN(C(=O)Nc2ccn(-c3ccc(CN4CC5C(C4)C54CN4)cc3)c(=O)n2)C[C@H]1N. The van der Waals surface area contributed by atoms with Crippen LogP contribution in [0.2, 0.25) is 0 Å². The molecule has 38 heavy (non-hydrogen) atoms. The molecule has 2 unspecified atom stereocenters. The zero-order chi connectivity index (χ0) is 26.8. The Morgan fingerprint density at radius 1 is 1.13 bits per heavy atom. The summed E-state index contributed by atoms with van der Waals surface area (Å²) in [5.41, 5.74) is 12.9. The van der Waals surface area contributed by atoms with Crippen LogP contribution in [0, 0.1) is 11.8 Å². The lowest BCUT2D eigenvalue weighted by atomic mass is 10.0. The number of aromatic nitrogens is 2. The van der Waals surface area contributed by atoms with Crippen LogP contribution in [0.4, 0.5) is 10.6 Å². The molecule has 1 saturated carbocycles. The lowest BCUT2D eigenvalue weighted by Gasteiger charge is -2.41. The molecule has 202 valence electrons. The molecular formula is C26H35N9O3. The number of piperazine rings is 1. The van der Waals surface area contributed by atoms with E-state index in [1.807, 2.05) is 24.3 Å².